The van der Waals surface area contributed by atoms with Crippen LogP contribution in [0.15, 0.2) is 71.2 Å². The molecule has 0 saturated carbocycles. The van der Waals surface area contributed by atoms with E-state index in [1.165, 1.54) is 29.2 Å². The van der Waals surface area contributed by atoms with Crippen LogP contribution in [0.5, 0.6) is 0 Å². The highest BCUT2D eigenvalue weighted by Gasteiger charge is 2.26. The van der Waals surface area contributed by atoms with Crippen LogP contribution in [0, 0.1) is 17.0 Å². The summed E-state index contributed by atoms with van der Waals surface area (Å²) < 4.78 is 0. The number of aromatic amines is 1. The normalized spacial score (nSPS) is 11.8. The summed E-state index contributed by atoms with van der Waals surface area (Å²) in [4.78, 5) is 29.5. The average molecular weight is 452 g/mol. The molecule has 0 saturated heterocycles. The molecule has 10 heteroatoms. The molecule has 0 bridgehead atoms. The predicted octanol–water partition coefficient (Wildman–Crippen LogP) is 5.22. The largest absolute Gasteiger partial charge is 0.319 e. The number of thiophene rings is 1. The Labute approximate surface area is 185 Å². The third-order valence-electron chi connectivity index (χ3n) is 4.39. The molecular formula is C21H17N5O3S2. The molecule has 2 aromatic carbocycles. The van der Waals surface area contributed by atoms with E-state index < -0.39 is 16.1 Å². The van der Waals surface area contributed by atoms with E-state index in [0.29, 0.717) is 11.0 Å². The zero-order valence-electron chi connectivity index (χ0n) is 16.3. The Hall–Kier alpha value is -3.50. The SMILES string of the molecule is Cc1ccc(NC(=O)[C@@H](Sc2n[nH]c(-c3cccs3)n2)c2ccccc2)c([N+](=O)[O-])c1. The number of nitro benzene ring substituents is 1. The summed E-state index contributed by atoms with van der Waals surface area (Å²) in [7, 11) is 0. The Kier molecular flexibility index (Phi) is 6.10. The fraction of sp³-hybridized carbons (Fsp3) is 0.0952. The van der Waals surface area contributed by atoms with Crippen molar-refractivity contribution in [1.82, 2.24) is 15.2 Å². The van der Waals surface area contributed by atoms with Gasteiger partial charge in [0.15, 0.2) is 5.82 Å². The number of carbonyl (C=O) groups excluding carboxylic acids is 1. The van der Waals surface area contributed by atoms with E-state index in [1.54, 1.807) is 19.1 Å². The summed E-state index contributed by atoms with van der Waals surface area (Å²) in [6, 6.07) is 17.7. The van der Waals surface area contributed by atoms with Gasteiger partial charge in [0.05, 0.1) is 9.80 Å². The van der Waals surface area contributed by atoms with Gasteiger partial charge in [-0.25, -0.2) is 4.98 Å². The number of H-pyrrole nitrogens is 1. The van der Waals surface area contributed by atoms with Crippen LogP contribution in [-0.2, 0) is 4.79 Å². The van der Waals surface area contributed by atoms with Gasteiger partial charge < -0.3 is 5.32 Å². The summed E-state index contributed by atoms with van der Waals surface area (Å²) in [6.45, 7) is 1.76. The van der Waals surface area contributed by atoms with E-state index in [4.69, 9.17) is 0 Å². The van der Waals surface area contributed by atoms with Crippen LogP contribution in [0.1, 0.15) is 16.4 Å². The average Bonchev–Trinajstić information content (AvgIpc) is 3.45. The number of amides is 1. The highest BCUT2D eigenvalue weighted by atomic mass is 32.2. The van der Waals surface area contributed by atoms with Crippen molar-refractivity contribution >= 4 is 40.4 Å². The van der Waals surface area contributed by atoms with Gasteiger partial charge >= 0.3 is 0 Å². The monoisotopic (exact) mass is 451 g/mol. The van der Waals surface area contributed by atoms with Crippen LogP contribution >= 0.6 is 23.1 Å². The molecule has 4 aromatic rings. The number of rotatable bonds is 7. The molecule has 4 rings (SSSR count). The minimum Gasteiger partial charge on any atom is -0.319 e. The van der Waals surface area contributed by atoms with E-state index in [1.807, 2.05) is 47.8 Å². The minimum absolute atomic E-state index is 0.149. The first-order valence-corrected chi connectivity index (χ1v) is 11.0. The third kappa shape index (κ3) is 4.81. The highest BCUT2D eigenvalue weighted by molar-refractivity contribution is 8.00. The second-order valence-electron chi connectivity index (χ2n) is 6.62. The number of hydrogen-bond acceptors (Lipinski definition) is 7. The van der Waals surface area contributed by atoms with Crippen molar-refractivity contribution < 1.29 is 9.72 Å². The summed E-state index contributed by atoms with van der Waals surface area (Å²) in [5.74, 6) is 0.226. The van der Waals surface area contributed by atoms with Crippen molar-refractivity contribution in [3.05, 3.63) is 87.3 Å². The second-order valence-corrected chi connectivity index (χ2v) is 8.64. The zero-order valence-corrected chi connectivity index (χ0v) is 17.9. The Morgan fingerprint density at radius 1 is 1.19 bits per heavy atom. The van der Waals surface area contributed by atoms with Crippen LogP contribution in [0.4, 0.5) is 11.4 Å². The number of nitrogens with one attached hydrogen (secondary N) is 2. The minimum atomic E-state index is -0.700. The van der Waals surface area contributed by atoms with Crippen molar-refractivity contribution in [3.63, 3.8) is 0 Å². The van der Waals surface area contributed by atoms with E-state index in [9.17, 15) is 14.9 Å². The molecule has 0 aliphatic heterocycles. The number of thioether (sulfide) groups is 1. The van der Waals surface area contributed by atoms with Crippen molar-refractivity contribution in [2.24, 2.45) is 0 Å². The van der Waals surface area contributed by atoms with Crippen molar-refractivity contribution in [2.45, 2.75) is 17.3 Å². The van der Waals surface area contributed by atoms with Crippen molar-refractivity contribution in [2.75, 3.05) is 5.32 Å². The fourth-order valence-electron chi connectivity index (χ4n) is 2.93. The molecule has 0 aliphatic carbocycles. The fourth-order valence-corrected chi connectivity index (χ4v) is 4.50. The first-order chi connectivity index (χ1) is 15.0. The maximum Gasteiger partial charge on any atom is 0.293 e. The van der Waals surface area contributed by atoms with E-state index in [0.717, 1.165) is 16.0 Å². The van der Waals surface area contributed by atoms with Gasteiger partial charge in [0.2, 0.25) is 11.1 Å². The maximum absolute atomic E-state index is 13.2. The van der Waals surface area contributed by atoms with Crippen LogP contribution in [0.2, 0.25) is 0 Å². The van der Waals surface area contributed by atoms with Gasteiger partial charge in [-0.1, -0.05) is 54.2 Å². The molecule has 0 spiro atoms. The molecule has 2 N–H and O–H groups in total. The number of anilines is 1. The summed E-state index contributed by atoms with van der Waals surface area (Å²) >= 11 is 2.71. The Balaban J connectivity index is 1.62. The number of nitrogens with zero attached hydrogens (tertiary/aromatic N) is 3. The van der Waals surface area contributed by atoms with E-state index in [2.05, 4.69) is 20.5 Å². The standard InChI is InChI=1S/C21H17N5O3S2/c1-13-9-10-15(16(12-13)26(28)29)22-20(27)18(14-6-3-2-4-7-14)31-21-23-19(24-25-21)17-8-5-11-30-17/h2-12,18H,1H3,(H,22,27)(H,23,24,25)/t18-/m0/s1. The number of hydrogen-bond donors (Lipinski definition) is 2. The zero-order chi connectivity index (χ0) is 21.8. The maximum atomic E-state index is 13.2. The summed E-state index contributed by atoms with van der Waals surface area (Å²) in [6.07, 6.45) is 0. The molecule has 0 aliphatic rings. The molecule has 0 radical (unpaired) electrons. The van der Waals surface area contributed by atoms with Crippen LogP contribution < -0.4 is 5.32 Å². The summed E-state index contributed by atoms with van der Waals surface area (Å²) in [5.41, 5.74) is 1.47. The molecule has 0 fully saturated rings. The Bertz CT molecular complexity index is 1210. The van der Waals surface area contributed by atoms with Crippen molar-refractivity contribution in [1.29, 1.82) is 0 Å². The number of benzene rings is 2. The second kappa shape index (κ2) is 9.11. The van der Waals surface area contributed by atoms with E-state index >= 15 is 0 Å². The van der Waals surface area contributed by atoms with Gasteiger partial charge in [0.25, 0.3) is 5.69 Å². The van der Waals surface area contributed by atoms with Gasteiger partial charge in [-0.3, -0.25) is 20.0 Å². The van der Waals surface area contributed by atoms with Gasteiger partial charge in [-0.2, -0.15) is 0 Å². The van der Waals surface area contributed by atoms with Gasteiger partial charge in [-0.15, -0.1) is 16.4 Å². The summed E-state index contributed by atoms with van der Waals surface area (Å²) in [5, 5.41) is 22.9. The van der Waals surface area contributed by atoms with Crippen LogP contribution in [0.3, 0.4) is 0 Å². The van der Waals surface area contributed by atoms with Gasteiger partial charge in [0.1, 0.15) is 10.9 Å². The van der Waals surface area contributed by atoms with Crippen LogP contribution in [-0.4, -0.2) is 26.0 Å². The Morgan fingerprint density at radius 3 is 2.71 bits per heavy atom. The number of aryl methyl sites for hydroxylation is 1. The number of carbonyl (C=O) groups is 1. The lowest BCUT2D eigenvalue weighted by atomic mass is 10.1. The molecule has 2 heterocycles. The van der Waals surface area contributed by atoms with Crippen LogP contribution in [0.25, 0.3) is 10.7 Å². The topological polar surface area (TPSA) is 114 Å². The lowest BCUT2D eigenvalue weighted by Gasteiger charge is -2.15. The number of aromatic nitrogens is 3. The molecule has 156 valence electrons. The smallest absolute Gasteiger partial charge is 0.293 e. The quantitative estimate of drug-likeness (QED) is 0.226. The number of nitro groups is 1. The molecule has 0 unspecified atom stereocenters. The molecule has 31 heavy (non-hydrogen) atoms. The lowest BCUT2D eigenvalue weighted by Crippen LogP contribution is -2.20. The first kappa shape index (κ1) is 20.8. The highest BCUT2D eigenvalue weighted by Crippen LogP contribution is 2.36. The van der Waals surface area contributed by atoms with E-state index in [-0.39, 0.29) is 11.4 Å². The lowest BCUT2D eigenvalue weighted by molar-refractivity contribution is -0.384. The van der Waals surface area contributed by atoms with Crippen molar-refractivity contribution in [3.8, 4) is 10.7 Å². The molecule has 1 amide bonds. The first-order valence-electron chi connectivity index (χ1n) is 9.25. The molecule has 2 aromatic heterocycles. The van der Waals surface area contributed by atoms with Gasteiger partial charge in [-0.05, 0) is 35.6 Å². The molecule has 1 atom stereocenters. The third-order valence-corrected chi connectivity index (χ3v) is 6.38. The molecule has 8 nitrogen and oxygen atoms in total. The predicted molar refractivity (Wildman–Crippen MR) is 121 cm³/mol. The molecular weight excluding hydrogens is 434 g/mol. The van der Waals surface area contributed by atoms with Gasteiger partial charge in [0, 0.05) is 6.07 Å². The Morgan fingerprint density at radius 2 is 2.00 bits per heavy atom.